The molecule has 0 aromatic heterocycles. The maximum absolute atomic E-state index is 12.1. The van der Waals surface area contributed by atoms with Gasteiger partial charge in [0.05, 0.1) is 6.67 Å². The fraction of sp³-hybridized carbons (Fsp3) is 1.00. The molecule has 0 amide bonds. The van der Waals surface area contributed by atoms with Gasteiger partial charge in [-0.25, -0.2) is 0 Å². The molecule has 2 atom stereocenters. The van der Waals surface area contributed by atoms with E-state index in [9.17, 15) is 4.39 Å². The molecule has 1 aliphatic heterocycles. The number of rotatable bonds is 1. The van der Waals surface area contributed by atoms with Crippen LogP contribution in [0.3, 0.4) is 0 Å². The zero-order valence-corrected chi connectivity index (χ0v) is 6.10. The van der Waals surface area contributed by atoms with Crippen molar-refractivity contribution in [2.75, 3.05) is 26.8 Å². The van der Waals surface area contributed by atoms with Crippen LogP contribution in [-0.2, 0) is 0 Å². The van der Waals surface area contributed by atoms with Crippen LogP contribution in [0.4, 0.5) is 4.39 Å². The summed E-state index contributed by atoms with van der Waals surface area (Å²) in [7, 11) is 4.17. The summed E-state index contributed by atoms with van der Waals surface area (Å²) in [6, 6.07) is 0. The smallest absolute Gasteiger partial charge is 0.107 e. The van der Waals surface area contributed by atoms with Crippen LogP contribution >= 0.6 is 0 Å². The highest BCUT2D eigenvalue weighted by Gasteiger charge is 2.26. The molecule has 1 heterocycles. The Morgan fingerprint density at radius 3 is 2.56 bits per heavy atom. The van der Waals surface area contributed by atoms with Gasteiger partial charge in [0.25, 0.3) is 0 Å². The average Bonchev–Trinajstić information content (AvgIpc) is 2.10. The molecule has 0 spiro atoms. The van der Waals surface area contributed by atoms with Crippen LogP contribution in [0.25, 0.3) is 0 Å². The lowest BCUT2D eigenvalue weighted by molar-refractivity contribution is 0.342. The monoisotopic (exact) mass is 129 g/mol. The van der Waals surface area contributed by atoms with Gasteiger partial charge in [0.2, 0.25) is 0 Å². The van der Waals surface area contributed by atoms with Crippen LogP contribution in [0.15, 0.2) is 0 Å². The normalized spacial score (nSPS) is 37.6. The van der Waals surface area contributed by atoms with E-state index in [2.05, 4.69) is 12.7 Å². The highest BCUT2D eigenvalue weighted by Crippen LogP contribution is 2.24. The summed E-state index contributed by atoms with van der Waals surface area (Å²) in [5, 5.41) is 0. The van der Waals surface area contributed by atoms with E-state index in [1.807, 2.05) is 7.05 Å². The average molecular weight is 129 g/mol. The van der Waals surface area contributed by atoms with Gasteiger partial charge in [-0.1, -0.05) is 5.82 Å². The fourth-order valence-corrected chi connectivity index (χ4v) is 1.50. The second-order valence-corrected chi connectivity index (χ2v) is 3.11. The van der Waals surface area contributed by atoms with E-state index >= 15 is 0 Å². The molecule has 1 rings (SSSR count). The molecule has 3 heteroatoms. The van der Waals surface area contributed by atoms with Crippen molar-refractivity contribution in [3.63, 3.8) is 0 Å². The molecule has 0 N–H and O–H groups in total. The molecule has 1 nitrogen and oxygen atoms in total. The molecule has 0 saturated carbocycles. The molecule has 9 heavy (non-hydrogen) atoms. The van der Waals surface area contributed by atoms with Gasteiger partial charge in [0.15, 0.2) is 0 Å². The van der Waals surface area contributed by atoms with Crippen LogP contribution in [0.1, 0.15) is 0 Å². The molecule has 1 saturated heterocycles. The predicted octanol–water partition coefficient (Wildman–Crippen LogP) is -0.0609. The van der Waals surface area contributed by atoms with E-state index in [-0.39, 0.29) is 6.67 Å². The molecule has 0 aromatic rings. The topological polar surface area (TPSA) is 3.24 Å². The van der Waals surface area contributed by atoms with Gasteiger partial charge in [0, 0.05) is 6.54 Å². The van der Waals surface area contributed by atoms with Crippen molar-refractivity contribution in [2.45, 2.75) is 5.82 Å². The van der Waals surface area contributed by atoms with Crippen LogP contribution in [0.2, 0.25) is 5.82 Å². The van der Waals surface area contributed by atoms with E-state index in [0.29, 0.717) is 11.7 Å². The first-order valence-electron chi connectivity index (χ1n) is 3.48. The highest BCUT2D eigenvalue weighted by atomic mass is 19.1. The predicted molar refractivity (Wildman–Crippen MR) is 39.3 cm³/mol. The van der Waals surface area contributed by atoms with Gasteiger partial charge < -0.3 is 4.90 Å². The van der Waals surface area contributed by atoms with Crippen molar-refractivity contribution in [3.8, 4) is 0 Å². The Morgan fingerprint density at radius 2 is 2.33 bits per heavy atom. The van der Waals surface area contributed by atoms with Crippen molar-refractivity contribution in [2.24, 2.45) is 5.92 Å². The van der Waals surface area contributed by atoms with E-state index in [0.717, 1.165) is 13.1 Å². The summed E-state index contributed by atoms with van der Waals surface area (Å²) in [5.74, 6) is 0.856. The van der Waals surface area contributed by atoms with Gasteiger partial charge in [-0.3, -0.25) is 4.39 Å². The Kier molecular flexibility index (Phi) is 2.11. The lowest BCUT2D eigenvalue weighted by Gasteiger charge is -2.06. The number of hydrogen-bond acceptors (Lipinski definition) is 1. The Hall–Kier alpha value is -0.0451. The zero-order valence-electron chi connectivity index (χ0n) is 6.10. The van der Waals surface area contributed by atoms with Crippen LogP contribution in [0.5, 0.6) is 0 Å². The summed E-state index contributed by atoms with van der Waals surface area (Å²) in [6.45, 7) is 1.86. The lowest BCUT2D eigenvalue weighted by Crippen LogP contribution is -2.14. The number of halogens is 1. The van der Waals surface area contributed by atoms with Gasteiger partial charge in [-0.15, -0.1) is 0 Å². The second-order valence-electron chi connectivity index (χ2n) is 3.11. The van der Waals surface area contributed by atoms with E-state index in [4.69, 9.17) is 0 Å². The van der Waals surface area contributed by atoms with Crippen LogP contribution in [0, 0.1) is 5.92 Å². The summed E-state index contributed by atoms with van der Waals surface area (Å²) in [6.07, 6.45) is 0. The third kappa shape index (κ3) is 1.45. The third-order valence-electron chi connectivity index (χ3n) is 2.15. The lowest BCUT2D eigenvalue weighted by atomic mass is 9.80. The van der Waals surface area contributed by atoms with Crippen molar-refractivity contribution < 1.29 is 4.39 Å². The van der Waals surface area contributed by atoms with Gasteiger partial charge in [0.1, 0.15) is 7.85 Å². The SMILES string of the molecule is BC1CN(C)CC1CF. The fourth-order valence-electron chi connectivity index (χ4n) is 1.50. The molecule has 52 valence electrons. The van der Waals surface area contributed by atoms with Crippen LogP contribution < -0.4 is 0 Å². The number of alkyl halides is 1. The Balaban J connectivity index is 2.38. The quantitative estimate of drug-likeness (QED) is 0.448. The molecule has 0 bridgehead atoms. The Morgan fingerprint density at radius 1 is 1.67 bits per heavy atom. The minimum atomic E-state index is -0.147. The first-order chi connectivity index (χ1) is 4.24. The zero-order chi connectivity index (χ0) is 6.85. The van der Waals surface area contributed by atoms with Crippen molar-refractivity contribution in [1.29, 1.82) is 0 Å². The second kappa shape index (κ2) is 2.69. The molecule has 0 radical (unpaired) electrons. The van der Waals surface area contributed by atoms with E-state index < -0.39 is 0 Å². The van der Waals surface area contributed by atoms with E-state index in [1.165, 1.54) is 0 Å². The first kappa shape index (κ1) is 7.07. The number of nitrogens with zero attached hydrogens (tertiary/aromatic N) is 1. The molecule has 2 unspecified atom stereocenters. The standard InChI is InChI=1S/C6H13BFN/c1-9-3-5(2-8)6(7)4-9/h5-6H,2-4,7H2,1H3. The van der Waals surface area contributed by atoms with Crippen LogP contribution in [-0.4, -0.2) is 39.6 Å². The Bertz CT molecular complexity index is 99.1. The van der Waals surface area contributed by atoms with Gasteiger partial charge in [-0.2, -0.15) is 0 Å². The molecular weight excluding hydrogens is 116 g/mol. The minimum absolute atomic E-state index is 0.147. The van der Waals surface area contributed by atoms with Crippen molar-refractivity contribution in [1.82, 2.24) is 4.90 Å². The summed E-state index contributed by atoms with van der Waals surface area (Å²) < 4.78 is 12.1. The molecule has 1 fully saturated rings. The largest absolute Gasteiger partial charge is 0.306 e. The maximum Gasteiger partial charge on any atom is 0.107 e. The van der Waals surface area contributed by atoms with Crippen molar-refractivity contribution in [3.05, 3.63) is 0 Å². The van der Waals surface area contributed by atoms with Gasteiger partial charge in [-0.05, 0) is 19.5 Å². The summed E-state index contributed by atoms with van der Waals surface area (Å²) in [4.78, 5) is 2.19. The third-order valence-corrected chi connectivity index (χ3v) is 2.15. The minimum Gasteiger partial charge on any atom is -0.306 e. The summed E-state index contributed by atoms with van der Waals surface area (Å²) in [5.41, 5.74) is 0. The summed E-state index contributed by atoms with van der Waals surface area (Å²) >= 11 is 0. The Labute approximate surface area is 56.6 Å². The highest BCUT2D eigenvalue weighted by molar-refractivity contribution is 6.12. The number of likely N-dealkylation sites (tertiary alicyclic amines) is 1. The molecule has 0 aliphatic carbocycles. The number of hydrogen-bond donors (Lipinski definition) is 0. The molecular formula is C6H13BFN. The van der Waals surface area contributed by atoms with Crippen molar-refractivity contribution >= 4 is 7.85 Å². The molecule has 1 aliphatic rings. The molecule has 0 aromatic carbocycles. The first-order valence-corrected chi connectivity index (χ1v) is 3.48. The maximum atomic E-state index is 12.1. The van der Waals surface area contributed by atoms with Gasteiger partial charge >= 0.3 is 0 Å². The van der Waals surface area contributed by atoms with E-state index in [1.54, 1.807) is 0 Å².